The Morgan fingerprint density at radius 3 is 1.12 bits per heavy atom. The van der Waals surface area contributed by atoms with Gasteiger partial charge >= 0.3 is 7.82 Å². The molecule has 0 saturated heterocycles. The molecule has 4 nitrogen and oxygen atoms in total. The van der Waals surface area contributed by atoms with Gasteiger partial charge in [-0.2, -0.15) is 0 Å². The number of hydrogen-bond donors (Lipinski definition) is 3. The molecule has 50 valence electrons. The molecule has 0 aliphatic carbocycles. The fourth-order valence-corrected chi connectivity index (χ4v) is 0. The first-order chi connectivity index (χ1) is 2.00. The molecule has 3 N–H and O–H groups in total. The van der Waals surface area contributed by atoms with Crippen LogP contribution in [0.4, 0.5) is 0 Å². The Bertz CT molecular complexity index is 62.2. The molecule has 0 aliphatic rings. The average Bonchev–Trinajstić information content (AvgIpc) is 0.722. The van der Waals surface area contributed by atoms with E-state index in [1.165, 1.54) is 0 Å². The summed E-state index contributed by atoms with van der Waals surface area (Å²) in [4.78, 5) is 21.6. The molecule has 0 aromatic carbocycles. The van der Waals surface area contributed by atoms with Crippen LogP contribution in [0.25, 0.3) is 0 Å². The van der Waals surface area contributed by atoms with Crippen molar-refractivity contribution in [3.05, 3.63) is 0 Å². The summed E-state index contributed by atoms with van der Waals surface area (Å²) >= 11 is 0. The second-order valence-corrected chi connectivity index (χ2v) is 1.54. The molecule has 0 aromatic heterocycles. The first-order valence-corrected chi connectivity index (χ1v) is 2.35. The van der Waals surface area contributed by atoms with Crippen molar-refractivity contribution >= 4 is 16.2 Å². The van der Waals surface area contributed by atoms with Crippen LogP contribution < -0.4 is 0 Å². The van der Waals surface area contributed by atoms with Crippen LogP contribution >= 0.6 is 7.82 Å². The fourth-order valence-electron chi connectivity index (χ4n) is 0. The molecule has 0 amide bonds. The van der Waals surface area contributed by atoms with Crippen LogP contribution in [0.3, 0.4) is 0 Å². The van der Waals surface area contributed by atoms with E-state index in [4.69, 9.17) is 19.2 Å². The number of rotatable bonds is 0. The molecule has 8 heavy (non-hydrogen) atoms. The summed E-state index contributed by atoms with van der Waals surface area (Å²) in [5.41, 5.74) is 0. The minimum absolute atomic E-state index is 0. The summed E-state index contributed by atoms with van der Waals surface area (Å²) in [5, 5.41) is 0. The van der Waals surface area contributed by atoms with Crippen molar-refractivity contribution in [2.75, 3.05) is 0 Å². The molecule has 0 heterocycles. The van der Waals surface area contributed by atoms with Crippen molar-refractivity contribution in [1.82, 2.24) is 0 Å². The topological polar surface area (TPSA) is 77.8 Å². The third-order valence-electron chi connectivity index (χ3n) is 0. The second-order valence-electron chi connectivity index (χ2n) is 0.513. The zero-order valence-corrected chi connectivity index (χ0v) is 8.26. The van der Waals surface area contributed by atoms with E-state index < -0.39 is 7.82 Å². The summed E-state index contributed by atoms with van der Waals surface area (Å²) in [7, 11) is -4.64. The van der Waals surface area contributed by atoms with Gasteiger partial charge in [-0.3, -0.25) is 0 Å². The molecular weight excluding hydrogens is 306 g/mol. The van der Waals surface area contributed by atoms with E-state index in [1.807, 2.05) is 0 Å². The first-order valence-electron chi connectivity index (χ1n) is 0.783. The predicted molar refractivity (Wildman–Crippen MR) is 24.2 cm³/mol. The van der Waals surface area contributed by atoms with Gasteiger partial charge in [0.1, 0.15) is 0 Å². The maximum atomic E-state index is 8.88. The Kier molecular flexibility index (Phi) is 25.4. The molecule has 0 aromatic rings. The molecule has 0 unspecified atom stereocenters. The van der Waals surface area contributed by atoms with E-state index in [2.05, 4.69) is 0 Å². The molecule has 0 bridgehead atoms. The SMILES string of the molecule is B.O=P(O)(O)O.[Fe].[Nd]. The van der Waals surface area contributed by atoms with E-state index in [0.717, 1.165) is 0 Å². The summed E-state index contributed by atoms with van der Waals surface area (Å²) in [5.74, 6) is 0. The van der Waals surface area contributed by atoms with Crippen molar-refractivity contribution in [1.29, 1.82) is 0 Å². The molecule has 0 fully saturated rings. The second kappa shape index (κ2) is 9.05. The van der Waals surface area contributed by atoms with Gasteiger partial charge in [0.2, 0.25) is 0 Å². The minimum Gasteiger partial charge on any atom is -0.303 e. The largest absolute Gasteiger partial charge is 0.466 e. The maximum absolute atomic E-state index is 8.88. The normalized spacial score (nSPS) is 7.38. The van der Waals surface area contributed by atoms with Crippen molar-refractivity contribution < 1.29 is 77.2 Å². The summed E-state index contributed by atoms with van der Waals surface area (Å²) in [6.07, 6.45) is 0. The van der Waals surface area contributed by atoms with Crippen LogP contribution in [-0.4, -0.2) is 23.1 Å². The Labute approximate surface area is 92.3 Å². The van der Waals surface area contributed by atoms with Crippen LogP contribution in [0.15, 0.2) is 0 Å². The zero-order valence-electron chi connectivity index (χ0n) is 3.05. The van der Waals surface area contributed by atoms with Crippen molar-refractivity contribution in [3.63, 3.8) is 0 Å². The van der Waals surface area contributed by atoms with Gasteiger partial charge in [-0.15, -0.1) is 0 Å². The van der Waals surface area contributed by atoms with Gasteiger partial charge in [0.05, 0.1) is 8.41 Å². The van der Waals surface area contributed by atoms with Crippen molar-refractivity contribution in [3.8, 4) is 0 Å². The van der Waals surface area contributed by atoms with Crippen LogP contribution in [0, 0.1) is 40.8 Å². The zero-order chi connectivity index (χ0) is 4.50. The molecule has 0 aliphatic heterocycles. The van der Waals surface area contributed by atoms with E-state index in [9.17, 15) is 0 Å². The molecule has 0 atom stereocenters. The maximum Gasteiger partial charge on any atom is 0.466 e. The summed E-state index contributed by atoms with van der Waals surface area (Å²) in [6, 6.07) is 0. The predicted octanol–water partition coefficient (Wildman–Crippen LogP) is -2.12. The summed E-state index contributed by atoms with van der Waals surface area (Å²) in [6.45, 7) is 0. The summed E-state index contributed by atoms with van der Waals surface area (Å²) < 4.78 is 8.88. The van der Waals surface area contributed by atoms with Gasteiger partial charge in [-0.05, 0) is 0 Å². The third-order valence-corrected chi connectivity index (χ3v) is 0. The van der Waals surface area contributed by atoms with E-state index >= 15 is 0 Å². The van der Waals surface area contributed by atoms with Crippen molar-refractivity contribution in [2.45, 2.75) is 0 Å². The van der Waals surface area contributed by atoms with Gasteiger partial charge in [0, 0.05) is 57.9 Å². The smallest absolute Gasteiger partial charge is 0.303 e. The van der Waals surface area contributed by atoms with Crippen LogP contribution in [-0.2, 0) is 21.6 Å². The van der Waals surface area contributed by atoms with Gasteiger partial charge in [-0.1, -0.05) is 0 Å². The third kappa shape index (κ3) is 95.5. The fraction of sp³-hybridized carbons (Fsp3) is 0. The van der Waals surface area contributed by atoms with Gasteiger partial charge < -0.3 is 14.7 Å². The van der Waals surface area contributed by atoms with Crippen LogP contribution in [0.5, 0.6) is 0 Å². The van der Waals surface area contributed by atoms with Gasteiger partial charge in [0.25, 0.3) is 0 Å². The molecule has 8 heteroatoms. The standard InChI is InChI=1S/BH3.Fe.Nd.H3O4P/c;;;1-5(2,3)4/h1H3;;;(H3,1,2,3,4). The van der Waals surface area contributed by atoms with Gasteiger partial charge in [0.15, 0.2) is 0 Å². The van der Waals surface area contributed by atoms with Gasteiger partial charge in [-0.25, -0.2) is 4.57 Å². The Morgan fingerprint density at radius 1 is 1.12 bits per heavy atom. The van der Waals surface area contributed by atoms with E-state index in [-0.39, 0.29) is 66.3 Å². The molecule has 0 spiro atoms. The van der Waals surface area contributed by atoms with E-state index in [1.54, 1.807) is 0 Å². The van der Waals surface area contributed by atoms with Crippen LogP contribution in [0.2, 0.25) is 0 Å². The van der Waals surface area contributed by atoms with E-state index in [0.29, 0.717) is 0 Å². The first kappa shape index (κ1) is 22.5. The monoisotopic (exact) mass is 310 g/mol. The molecule has 0 saturated carbocycles. The van der Waals surface area contributed by atoms with Crippen LogP contribution in [0.1, 0.15) is 0 Å². The average molecular weight is 312 g/mol. The molecule has 0 radical (unpaired) electrons. The Hall–Kier alpha value is 2.05. The minimum atomic E-state index is -4.64. The molecule has 0 rings (SSSR count). The number of hydrogen-bond acceptors (Lipinski definition) is 1. The molecular formula is H6BFeNdO4P. The number of phosphoric acid groups is 1. The van der Waals surface area contributed by atoms with Crippen molar-refractivity contribution in [2.24, 2.45) is 0 Å². The Morgan fingerprint density at radius 2 is 1.12 bits per heavy atom. The quantitative estimate of drug-likeness (QED) is 0.353. The Balaban J connectivity index is -0.0000000267.